The SMILES string of the molecule is Cl.N#Cc1cnc2cnc(NCc3cccnc3)cc2c1Nc1ccc(F)c(Cl)c1. The summed E-state index contributed by atoms with van der Waals surface area (Å²) in [6, 6.07) is 12.1. The molecule has 9 heteroatoms. The number of hydrogen-bond donors (Lipinski definition) is 2. The van der Waals surface area contributed by atoms with Crippen molar-refractivity contribution < 1.29 is 4.39 Å². The molecule has 0 aliphatic rings. The van der Waals surface area contributed by atoms with Crippen LogP contribution in [-0.2, 0) is 6.54 Å². The topological polar surface area (TPSA) is 86.5 Å². The average Bonchev–Trinajstić information content (AvgIpc) is 2.76. The highest BCUT2D eigenvalue weighted by Gasteiger charge is 2.12. The van der Waals surface area contributed by atoms with Crippen molar-refractivity contribution in [1.29, 1.82) is 5.26 Å². The Morgan fingerprint density at radius 2 is 1.97 bits per heavy atom. The summed E-state index contributed by atoms with van der Waals surface area (Å²) in [7, 11) is 0. The molecular formula is C21H15Cl2FN6. The fourth-order valence-electron chi connectivity index (χ4n) is 2.82. The molecule has 3 aromatic heterocycles. The molecule has 0 aliphatic carbocycles. The highest BCUT2D eigenvalue weighted by atomic mass is 35.5. The van der Waals surface area contributed by atoms with Gasteiger partial charge in [0.25, 0.3) is 0 Å². The number of halogens is 3. The van der Waals surface area contributed by atoms with Gasteiger partial charge in [-0.1, -0.05) is 17.7 Å². The number of hydrogen-bond acceptors (Lipinski definition) is 6. The molecule has 0 saturated carbocycles. The highest BCUT2D eigenvalue weighted by molar-refractivity contribution is 6.31. The molecule has 6 nitrogen and oxygen atoms in total. The zero-order chi connectivity index (χ0) is 20.2. The summed E-state index contributed by atoms with van der Waals surface area (Å²) in [5, 5.41) is 16.6. The fourth-order valence-corrected chi connectivity index (χ4v) is 3.01. The van der Waals surface area contributed by atoms with Crippen LogP contribution in [-0.4, -0.2) is 15.0 Å². The monoisotopic (exact) mass is 440 g/mol. The minimum atomic E-state index is -0.511. The van der Waals surface area contributed by atoms with Crippen LogP contribution in [0, 0.1) is 17.1 Å². The standard InChI is InChI=1S/C21H14ClFN6.ClH/c22-17-6-15(3-4-18(17)23)29-21-14(8-24)11-26-19-12-28-20(7-16(19)21)27-10-13-2-1-5-25-9-13;/h1-7,9,11-12H,10H2,(H,26,29)(H,27,28);1H. The second kappa shape index (κ2) is 9.35. The van der Waals surface area contributed by atoms with Gasteiger partial charge in [0.2, 0.25) is 0 Å². The quantitative estimate of drug-likeness (QED) is 0.427. The number of aromatic nitrogens is 3. The van der Waals surface area contributed by atoms with Gasteiger partial charge in [0.1, 0.15) is 17.7 Å². The summed E-state index contributed by atoms with van der Waals surface area (Å²) in [6.07, 6.45) is 6.59. The van der Waals surface area contributed by atoms with Gasteiger partial charge in [-0.2, -0.15) is 5.26 Å². The maximum absolute atomic E-state index is 13.5. The predicted octanol–water partition coefficient (Wildman–Crippen LogP) is 5.47. The van der Waals surface area contributed by atoms with Gasteiger partial charge in [-0.3, -0.25) is 9.97 Å². The molecule has 0 fully saturated rings. The summed E-state index contributed by atoms with van der Waals surface area (Å²) in [4.78, 5) is 12.8. The molecule has 0 radical (unpaired) electrons. The van der Waals surface area contributed by atoms with E-state index >= 15 is 0 Å². The number of nitriles is 1. The first-order chi connectivity index (χ1) is 14.1. The first kappa shape index (κ1) is 21.2. The van der Waals surface area contributed by atoms with Gasteiger partial charge in [-0.15, -0.1) is 12.4 Å². The van der Waals surface area contributed by atoms with Gasteiger partial charge in [0.15, 0.2) is 0 Å². The number of anilines is 3. The van der Waals surface area contributed by atoms with Crippen molar-refractivity contribution in [3.63, 3.8) is 0 Å². The molecule has 150 valence electrons. The van der Waals surface area contributed by atoms with Crippen LogP contribution in [0.3, 0.4) is 0 Å². The lowest BCUT2D eigenvalue weighted by Gasteiger charge is -2.13. The molecule has 4 aromatic rings. The van der Waals surface area contributed by atoms with E-state index in [2.05, 4.69) is 31.7 Å². The zero-order valence-corrected chi connectivity index (χ0v) is 17.0. The van der Waals surface area contributed by atoms with Crippen LogP contribution in [0.5, 0.6) is 0 Å². The Balaban J connectivity index is 0.00000256. The second-order valence-electron chi connectivity index (χ2n) is 6.21. The number of benzene rings is 1. The van der Waals surface area contributed by atoms with Gasteiger partial charge >= 0.3 is 0 Å². The van der Waals surface area contributed by atoms with Crippen LogP contribution in [0.1, 0.15) is 11.1 Å². The van der Waals surface area contributed by atoms with Gasteiger partial charge in [0, 0.05) is 36.2 Å². The normalized spacial score (nSPS) is 10.2. The Morgan fingerprint density at radius 1 is 1.10 bits per heavy atom. The van der Waals surface area contributed by atoms with Crippen LogP contribution in [0.15, 0.2) is 61.2 Å². The van der Waals surface area contributed by atoms with E-state index in [1.165, 1.54) is 18.3 Å². The molecule has 0 amide bonds. The summed E-state index contributed by atoms with van der Waals surface area (Å²) >= 11 is 5.88. The molecule has 0 bridgehead atoms. The largest absolute Gasteiger partial charge is 0.366 e. The third kappa shape index (κ3) is 4.57. The van der Waals surface area contributed by atoms with Crippen molar-refractivity contribution in [2.24, 2.45) is 0 Å². The molecule has 0 aliphatic heterocycles. The van der Waals surface area contributed by atoms with E-state index in [-0.39, 0.29) is 17.4 Å². The number of nitrogens with zero attached hydrogens (tertiary/aromatic N) is 4. The number of fused-ring (bicyclic) bond motifs is 1. The van der Waals surface area contributed by atoms with Crippen molar-refractivity contribution in [2.75, 3.05) is 10.6 Å². The van der Waals surface area contributed by atoms with Crippen molar-refractivity contribution in [3.05, 3.63) is 83.2 Å². The smallest absolute Gasteiger partial charge is 0.141 e. The van der Waals surface area contributed by atoms with Crippen molar-refractivity contribution in [2.45, 2.75) is 6.54 Å². The van der Waals surface area contributed by atoms with E-state index in [0.29, 0.717) is 40.2 Å². The van der Waals surface area contributed by atoms with Crippen molar-refractivity contribution >= 4 is 52.1 Å². The molecule has 0 saturated heterocycles. The summed E-state index contributed by atoms with van der Waals surface area (Å²) < 4.78 is 13.5. The van der Waals surface area contributed by atoms with Gasteiger partial charge in [-0.25, -0.2) is 9.37 Å². The molecule has 30 heavy (non-hydrogen) atoms. The molecular weight excluding hydrogens is 426 g/mol. The fraction of sp³-hybridized carbons (Fsp3) is 0.0476. The summed E-state index contributed by atoms with van der Waals surface area (Å²) in [5.74, 6) is 0.113. The zero-order valence-electron chi connectivity index (χ0n) is 15.4. The van der Waals surface area contributed by atoms with E-state index in [1.54, 1.807) is 24.7 Å². The first-order valence-corrected chi connectivity index (χ1v) is 9.05. The maximum Gasteiger partial charge on any atom is 0.141 e. The molecule has 0 unspecified atom stereocenters. The number of pyridine rings is 3. The Labute approximate surface area is 183 Å². The molecule has 1 aromatic carbocycles. The highest BCUT2D eigenvalue weighted by Crippen LogP contribution is 2.31. The molecule has 0 atom stereocenters. The Morgan fingerprint density at radius 3 is 2.70 bits per heavy atom. The van der Waals surface area contributed by atoms with Crippen LogP contribution >= 0.6 is 24.0 Å². The summed E-state index contributed by atoms with van der Waals surface area (Å²) in [5.41, 5.74) is 3.08. The third-order valence-electron chi connectivity index (χ3n) is 4.26. The minimum Gasteiger partial charge on any atom is -0.366 e. The maximum atomic E-state index is 13.5. The van der Waals surface area contributed by atoms with Crippen LogP contribution in [0.2, 0.25) is 5.02 Å². The predicted molar refractivity (Wildman–Crippen MR) is 118 cm³/mol. The first-order valence-electron chi connectivity index (χ1n) is 8.68. The van der Waals surface area contributed by atoms with E-state index in [9.17, 15) is 9.65 Å². The van der Waals surface area contributed by atoms with Crippen LogP contribution in [0.25, 0.3) is 10.9 Å². The lowest BCUT2D eigenvalue weighted by Crippen LogP contribution is -2.03. The average molecular weight is 441 g/mol. The van der Waals surface area contributed by atoms with Gasteiger partial charge in [-0.05, 0) is 35.9 Å². The van der Waals surface area contributed by atoms with Gasteiger partial charge < -0.3 is 10.6 Å². The Bertz CT molecular complexity index is 1230. The lowest BCUT2D eigenvalue weighted by molar-refractivity contribution is 0.628. The molecule has 2 N–H and O–H groups in total. The minimum absolute atomic E-state index is 0. The Kier molecular flexibility index (Phi) is 6.62. The molecule has 3 heterocycles. The van der Waals surface area contributed by atoms with Crippen molar-refractivity contribution in [3.8, 4) is 6.07 Å². The number of nitrogens with one attached hydrogen (secondary N) is 2. The van der Waals surface area contributed by atoms with E-state index in [0.717, 1.165) is 5.56 Å². The second-order valence-corrected chi connectivity index (χ2v) is 6.62. The Hall–Kier alpha value is -3.47. The molecule has 4 rings (SSSR count). The van der Waals surface area contributed by atoms with E-state index in [4.69, 9.17) is 11.6 Å². The lowest BCUT2D eigenvalue weighted by atomic mass is 10.1. The third-order valence-corrected chi connectivity index (χ3v) is 4.55. The van der Waals surface area contributed by atoms with Crippen LogP contribution in [0.4, 0.5) is 21.6 Å². The molecule has 0 spiro atoms. The van der Waals surface area contributed by atoms with E-state index in [1.807, 2.05) is 18.2 Å². The van der Waals surface area contributed by atoms with E-state index < -0.39 is 5.82 Å². The number of rotatable bonds is 5. The van der Waals surface area contributed by atoms with Crippen molar-refractivity contribution in [1.82, 2.24) is 15.0 Å². The van der Waals surface area contributed by atoms with Crippen LogP contribution < -0.4 is 10.6 Å². The summed E-state index contributed by atoms with van der Waals surface area (Å²) in [6.45, 7) is 0.550. The van der Waals surface area contributed by atoms with Gasteiger partial charge in [0.05, 0.1) is 28.0 Å².